The first kappa shape index (κ1) is 7.14. The predicted octanol–water partition coefficient (Wildman–Crippen LogP) is 1.57. The van der Waals surface area contributed by atoms with Crippen molar-refractivity contribution in [1.82, 2.24) is 5.32 Å². The Kier molecular flexibility index (Phi) is 1.84. The Balaban J connectivity index is 1.75. The van der Waals surface area contributed by atoms with E-state index in [2.05, 4.69) is 17.2 Å². The normalized spacial score (nSPS) is 35.2. The molecule has 62 valence electrons. The van der Waals surface area contributed by atoms with Gasteiger partial charge in [0.1, 0.15) is 0 Å². The SMILES string of the molecule is CCC1CC1NC1=NCCC1. The summed E-state index contributed by atoms with van der Waals surface area (Å²) in [4.78, 5) is 4.39. The fourth-order valence-electron chi connectivity index (χ4n) is 1.75. The van der Waals surface area contributed by atoms with Crippen LogP contribution in [0.3, 0.4) is 0 Å². The van der Waals surface area contributed by atoms with Gasteiger partial charge in [0.05, 0.1) is 5.84 Å². The average molecular weight is 152 g/mol. The van der Waals surface area contributed by atoms with Crippen LogP contribution in [0.25, 0.3) is 0 Å². The van der Waals surface area contributed by atoms with Gasteiger partial charge in [-0.05, 0) is 18.8 Å². The summed E-state index contributed by atoms with van der Waals surface area (Å²) < 4.78 is 0. The topological polar surface area (TPSA) is 24.4 Å². The number of hydrogen-bond acceptors (Lipinski definition) is 2. The second kappa shape index (κ2) is 2.84. The van der Waals surface area contributed by atoms with Crippen LogP contribution in [0.2, 0.25) is 0 Å². The highest BCUT2D eigenvalue weighted by molar-refractivity contribution is 5.84. The molecule has 2 nitrogen and oxygen atoms in total. The highest BCUT2D eigenvalue weighted by Gasteiger charge is 2.35. The first-order valence-electron chi connectivity index (χ1n) is 4.70. The largest absolute Gasteiger partial charge is 0.371 e. The lowest BCUT2D eigenvalue weighted by Crippen LogP contribution is -2.24. The molecule has 2 rings (SSSR count). The van der Waals surface area contributed by atoms with Crippen molar-refractivity contribution >= 4 is 5.84 Å². The molecule has 1 N–H and O–H groups in total. The zero-order valence-corrected chi connectivity index (χ0v) is 7.14. The summed E-state index contributed by atoms with van der Waals surface area (Å²) in [6, 6.07) is 0.775. The Hall–Kier alpha value is -0.530. The van der Waals surface area contributed by atoms with Crippen molar-refractivity contribution in [1.29, 1.82) is 0 Å². The lowest BCUT2D eigenvalue weighted by molar-refractivity contribution is 0.720. The van der Waals surface area contributed by atoms with Crippen molar-refractivity contribution in [3.05, 3.63) is 0 Å². The second-order valence-corrected chi connectivity index (χ2v) is 3.59. The highest BCUT2D eigenvalue weighted by atomic mass is 15.1. The number of aliphatic imine (C=N–C) groups is 1. The van der Waals surface area contributed by atoms with Crippen molar-refractivity contribution < 1.29 is 0 Å². The van der Waals surface area contributed by atoms with Crippen LogP contribution in [0, 0.1) is 5.92 Å². The number of rotatable bonds is 2. The van der Waals surface area contributed by atoms with Crippen LogP contribution in [0.1, 0.15) is 32.6 Å². The molecule has 1 aliphatic carbocycles. The van der Waals surface area contributed by atoms with E-state index in [1.54, 1.807) is 0 Å². The molecule has 0 aromatic rings. The summed E-state index contributed by atoms with van der Waals surface area (Å²) in [5.41, 5.74) is 0. The summed E-state index contributed by atoms with van der Waals surface area (Å²) in [5, 5.41) is 3.50. The van der Waals surface area contributed by atoms with Gasteiger partial charge in [0.25, 0.3) is 0 Å². The molecular weight excluding hydrogens is 136 g/mol. The lowest BCUT2D eigenvalue weighted by atomic mass is 10.3. The molecule has 0 amide bonds. The third-order valence-corrected chi connectivity index (χ3v) is 2.67. The van der Waals surface area contributed by atoms with E-state index < -0.39 is 0 Å². The zero-order valence-electron chi connectivity index (χ0n) is 7.14. The van der Waals surface area contributed by atoms with Crippen LogP contribution < -0.4 is 5.32 Å². The number of nitrogens with zero attached hydrogens (tertiary/aromatic N) is 1. The van der Waals surface area contributed by atoms with Gasteiger partial charge in [0.2, 0.25) is 0 Å². The Bertz CT molecular complexity index is 174. The Labute approximate surface area is 68.1 Å². The smallest absolute Gasteiger partial charge is 0.0965 e. The summed E-state index contributed by atoms with van der Waals surface area (Å²) in [6.45, 7) is 3.31. The van der Waals surface area contributed by atoms with Crippen molar-refractivity contribution in [2.24, 2.45) is 10.9 Å². The molecule has 2 aliphatic rings. The zero-order chi connectivity index (χ0) is 7.68. The minimum Gasteiger partial charge on any atom is -0.371 e. The van der Waals surface area contributed by atoms with Crippen LogP contribution in [0.4, 0.5) is 0 Å². The average Bonchev–Trinajstić information content (AvgIpc) is 2.54. The molecule has 11 heavy (non-hydrogen) atoms. The minimum absolute atomic E-state index is 0.775. The van der Waals surface area contributed by atoms with Crippen molar-refractivity contribution in [3.63, 3.8) is 0 Å². The van der Waals surface area contributed by atoms with Crippen molar-refractivity contribution in [3.8, 4) is 0 Å². The molecule has 2 heteroatoms. The van der Waals surface area contributed by atoms with Crippen LogP contribution >= 0.6 is 0 Å². The fourth-order valence-corrected chi connectivity index (χ4v) is 1.75. The van der Waals surface area contributed by atoms with E-state index in [-0.39, 0.29) is 0 Å². The van der Waals surface area contributed by atoms with E-state index in [1.807, 2.05) is 0 Å². The number of amidine groups is 1. The number of nitrogens with one attached hydrogen (secondary N) is 1. The van der Waals surface area contributed by atoms with Crippen molar-refractivity contribution in [2.75, 3.05) is 6.54 Å². The molecular formula is C9H16N2. The van der Waals surface area contributed by atoms with Gasteiger partial charge in [-0.15, -0.1) is 0 Å². The van der Waals surface area contributed by atoms with Crippen LogP contribution in [0.5, 0.6) is 0 Å². The maximum atomic E-state index is 4.39. The van der Waals surface area contributed by atoms with E-state index >= 15 is 0 Å². The fraction of sp³-hybridized carbons (Fsp3) is 0.889. The molecule has 2 atom stereocenters. The summed E-state index contributed by atoms with van der Waals surface area (Å²) in [5.74, 6) is 2.21. The minimum atomic E-state index is 0.775. The molecule has 1 saturated carbocycles. The van der Waals surface area contributed by atoms with Gasteiger partial charge in [0.15, 0.2) is 0 Å². The van der Waals surface area contributed by atoms with Gasteiger partial charge < -0.3 is 5.32 Å². The molecule has 1 fully saturated rings. The predicted molar refractivity (Wildman–Crippen MR) is 46.9 cm³/mol. The van der Waals surface area contributed by atoms with E-state index in [4.69, 9.17) is 0 Å². The molecule has 0 aromatic heterocycles. The van der Waals surface area contributed by atoms with Gasteiger partial charge in [-0.3, -0.25) is 4.99 Å². The van der Waals surface area contributed by atoms with Gasteiger partial charge in [0, 0.05) is 19.0 Å². The van der Waals surface area contributed by atoms with E-state index in [1.165, 1.54) is 31.5 Å². The molecule has 2 unspecified atom stereocenters. The van der Waals surface area contributed by atoms with E-state index in [0.717, 1.165) is 18.5 Å². The van der Waals surface area contributed by atoms with E-state index in [0.29, 0.717) is 0 Å². The molecule has 0 saturated heterocycles. The molecule has 0 aromatic carbocycles. The Morgan fingerprint density at radius 2 is 2.55 bits per heavy atom. The van der Waals surface area contributed by atoms with Crippen LogP contribution in [0.15, 0.2) is 4.99 Å². The molecule has 0 bridgehead atoms. The van der Waals surface area contributed by atoms with Gasteiger partial charge >= 0.3 is 0 Å². The maximum absolute atomic E-state index is 4.39. The first-order valence-corrected chi connectivity index (χ1v) is 4.70. The second-order valence-electron chi connectivity index (χ2n) is 3.59. The van der Waals surface area contributed by atoms with Crippen LogP contribution in [-0.4, -0.2) is 18.4 Å². The van der Waals surface area contributed by atoms with Crippen molar-refractivity contribution in [2.45, 2.75) is 38.6 Å². The molecule has 0 radical (unpaired) electrons. The summed E-state index contributed by atoms with van der Waals surface area (Å²) in [6.07, 6.45) is 5.14. The first-order chi connectivity index (χ1) is 5.40. The lowest BCUT2D eigenvalue weighted by Gasteiger charge is -2.02. The highest BCUT2D eigenvalue weighted by Crippen LogP contribution is 2.33. The Morgan fingerprint density at radius 3 is 3.09 bits per heavy atom. The quantitative estimate of drug-likeness (QED) is 0.638. The molecule has 0 spiro atoms. The summed E-state index contributed by atoms with van der Waals surface area (Å²) in [7, 11) is 0. The van der Waals surface area contributed by atoms with Crippen LogP contribution in [-0.2, 0) is 0 Å². The molecule has 1 aliphatic heterocycles. The third-order valence-electron chi connectivity index (χ3n) is 2.67. The maximum Gasteiger partial charge on any atom is 0.0965 e. The standard InChI is InChI=1S/C9H16N2/c1-2-7-6-8(7)11-9-4-3-5-10-9/h7-8H,2-6H2,1H3,(H,10,11). The molecule has 1 heterocycles. The Morgan fingerprint density at radius 1 is 1.64 bits per heavy atom. The van der Waals surface area contributed by atoms with Gasteiger partial charge in [-0.25, -0.2) is 0 Å². The number of hydrogen-bond donors (Lipinski definition) is 1. The monoisotopic (exact) mass is 152 g/mol. The van der Waals surface area contributed by atoms with Gasteiger partial charge in [-0.1, -0.05) is 13.3 Å². The van der Waals surface area contributed by atoms with E-state index in [9.17, 15) is 0 Å². The third kappa shape index (κ3) is 1.55. The van der Waals surface area contributed by atoms with Gasteiger partial charge in [-0.2, -0.15) is 0 Å². The summed E-state index contributed by atoms with van der Waals surface area (Å²) >= 11 is 0.